The molecule has 0 aliphatic carbocycles. The fraction of sp³-hybridized carbons (Fsp3) is 0.923. The minimum absolute atomic E-state index is 0.144. The average Bonchev–Trinajstić information content (AvgIpc) is 2.76. The summed E-state index contributed by atoms with van der Waals surface area (Å²) in [6.45, 7) is 7.63. The number of carbonyl (C=O) groups excluding carboxylic acids is 1. The van der Waals surface area contributed by atoms with Crippen molar-refractivity contribution in [1.29, 1.82) is 0 Å². The summed E-state index contributed by atoms with van der Waals surface area (Å²) in [5, 5.41) is 6.20. The summed E-state index contributed by atoms with van der Waals surface area (Å²) >= 11 is 0. The molecule has 1 aliphatic rings. The molecular formula is C13H26N2O2. The summed E-state index contributed by atoms with van der Waals surface area (Å²) < 4.78 is 5.49. The summed E-state index contributed by atoms with van der Waals surface area (Å²) in [5.41, 5.74) is 0. The maximum Gasteiger partial charge on any atom is 0.221 e. The quantitative estimate of drug-likeness (QED) is 0.631. The lowest BCUT2D eigenvalue weighted by atomic mass is 10.1. The summed E-state index contributed by atoms with van der Waals surface area (Å²) in [6, 6.07) is 0. The zero-order chi connectivity index (χ0) is 12.5. The first-order valence-electron chi connectivity index (χ1n) is 6.77. The van der Waals surface area contributed by atoms with Gasteiger partial charge in [0.2, 0.25) is 5.91 Å². The Morgan fingerprint density at radius 3 is 2.88 bits per heavy atom. The average molecular weight is 242 g/mol. The molecule has 4 nitrogen and oxygen atoms in total. The Bertz CT molecular complexity index is 213. The largest absolute Gasteiger partial charge is 0.377 e. The van der Waals surface area contributed by atoms with Crippen LogP contribution in [0.5, 0.6) is 0 Å². The maximum absolute atomic E-state index is 11.4. The second-order valence-corrected chi connectivity index (χ2v) is 5.12. The van der Waals surface area contributed by atoms with Crippen LogP contribution in [0.2, 0.25) is 0 Å². The molecule has 0 aromatic carbocycles. The lowest BCUT2D eigenvalue weighted by molar-refractivity contribution is -0.121. The Kier molecular flexibility index (Phi) is 7.21. The Morgan fingerprint density at radius 1 is 1.41 bits per heavy atom. The van der Waals surface area contributed by atoms with Crippen LogP contribution in [0.4, 0.5) is 0 Å². The molecule has 1 heterocycles. The minimum Gasteiger partial charge on any atom is -0.377 e. The molecule has 1 fully saturated rings. The van der Waals surface area contributed by atoms with Crippen molar-refractivity contribution in [3.05, 3.63) is 0 Å². The van der Waals surface area contributed by atoms with Crippen molar-refractivity contribution in [1.82, 2.24) is 10.6 Å². The van der Waals surface area contributed by atoms with Crippen LogP contribution in [0.25, 0.3) is 0 Å². The molecule has 0 aromatic heterocycles. The van der Waals surface area contributed by atoms with Gasteiger partial charge in [-0.25, -0.2) is 0 Å². The lowest BCUT2D eigenvalue weighted by Crippen LogP contribution is -2.32. The Hall–Kier alpha value is -0.610. The van der Waals surface area contributed by atoms with E-state index in [0.29, 0.717) is 18.4 Å². The second kappa shape index (κ2) is 8.48. The van der Waals surface area contributed by atoms with Gasteiger partial charge in [0, 0.05) is 32.7 Å². The molecule has 0 spiro atoms. The summed E-state index contributed by atoms with van der Waals surface area (Å²) in [6.07, 6.45) is 4.29. The van der Waals surface area contributed by atoms with Crippen molar-refractivity contribution >= 4 is 5.91 Å². The van der Waals surface area contributed by atoms with E-state index in [1.54, 1.807) is 0 Å². The molecule has 0 saturated carbocycles. The van der Waals surface area contributed by atoms with E-state index < -0.39 is 0 Å². The highest BCUT2D eigenvalue weighted by Gasteiger charge is 2.14. The topological polar surface area (TPSA) is 50.4 Å². The van der Waals surface area contributed by atoms with Gasteiger partial charge in [-0.05, 0) is 25.2 Å². The molecule has 1 unspecified atom stereocenters. The number of nitrogens with one attached hydrogen (secondary N) is 2. The van der Waals surface area contributed by atoms with Gasteiger partial charge in [0.1, 0.15) is 0 Å². The van der Waals surface area contributed by atoms with E-state index in [1.807, 2.05) is 0 Å². The molecule has 1 atom stereocenters. The normalized spacial score (nSPS) is 19.8. The highest BCUT2D eigenvalue weighted by Crippen LogP contribution is 2.10. The molecule has 0 bridgehead atoms. The Balaban J connectivity index is 1.89. The first-order chi connectivity index (χ1) is 8.18. The van der Waals surface area contributed by atoms with Gasteiger partial charge in [0.15, 0.2) is 0 Å². The minimum atomic E-state index is 0.144. The molecular weight excluding hydrogens is 216 g/mol. The molecule has 4 heteroatoms. The third-order valence-electron chi connectivity index (χ3n) is 2.97. The number of hydrogen-bond donors (Lipinski definition) is 2. The van der Waals surface area contributed by atoms with Crippen LogP contribution in [-0.2, 0) is 9.53 Å². The van der Waals surface area contributed by atoms with Crippen LogP contribution < -0.4 is 10.6 Å². The Morgan fingerprint density at radius 2 is 2.24 bits per heavy atom. The first kappa shape index (κ1) is 14.5. The molecule has 1 saturated heterocycles. The summed E-state index contributed by atoms with van der Waals surface area (Å²) in [5.74, 6) is 0.790. The number of ether oxygens (including phenoxy) is 1. The molecule has 100 valence electrons. The van der Waals surface area contributed by atoms with Gasteiger partial charge >= 0.3 is 0 Å². The van der Waals surface area contributed by atoms with Crippen LogP contribution in [0.15, 0.2) is 0 Å². The second-order valence-electron chi connectivity index (χ2n) is 5.12. The summed E-state index contributed by atoms with van der Waals surface area (Å²) in [7, 11) is 0. The van der Waals surface area contributed by atoms with Gasteiger partial charge in [-0.2, -0.15) is 0 Å². The van der Waals surface area contributed by atoms with E-state index in [0.717, 1.165) is 39.1 Å². The fourth-order valence-corrected chi connectivity index (χ4v) is 1.86. The molecule has 2 N–H and O–H groups in total. The fourth-order valence-electron chi connectivity index (χ4n) is 1.86. The van der Waals surface area contributed by atoms with E-state index in [4.69, 9.17) is 4.74 Å². The van der Waals surface area contributed by atoms with Crippen molar-refractivity contribution in [3.8, 4) is 0 Å². The smallest absolute Gasteiger partial charge is 0.221 e. The zero-order valence-corrected chi connectivity index (χ0v) is 11.1. The molecule has 0 aromatic rings. The van der Waals surface area contributed by atoms with E-state index in [1.165, 1.54) is 6.42 Å². The number of carbonyl (C=O) groups is 1. The maximum atomic E-state index is 11.4. The SMILES string of the molecule is CC(C)CCNC(=O)CCNCC1CCCO1. The zero-order valence-electron chi connectivity index (χ0n) is 11.1. The predicted octanol–water partition coefficient (Wildman–Crippen LogP) is 1.31. The van der Waals surface area contributed by atoms with Gasteiger partial charge in [0.05, 0.1) is 6.10 Å². The van der Waals surface area contributed by atoms with Crippen LogP contribution in [0, 0.1) is 5.92 Å². The van der Waals surface area contributed by atoms with Crippen LogP contribution in [-0.4, -0.2) is 38.3 Å². The van der Waals surface area contributed by atoms with Gasteiger partial charge in [-0.3, -0.25) is 4.79 Å². The van der Waals surface area contributed by atoms with E-state index in [-0.39, 0.29) is 5.91 Å². The third-order valence-corrected chi connectivity index (χ3v) is 2.97. The lowest BCUT2D eigenvalue weighted by Gasteiger charge is -2.11. The first-order valence-corrected chi connectivity index (χ1v) is 6.77. The number of hydrogen-bond acceptors (Lipinski definition) is 3. The standard InChI is InChI=1S/C13H26N2O2/c1-11(2)5-8-15-13(16)6-7-14-10-12-4-3-9-17-12/h11-12,14H,3-10H2,1-2H3,(H,15,16). The molecule has 1 amide bonds. The van der Waals surface area contributed by atoms with Gasteiger partial charge < -0.3 is 15.4 Å². The van der Waals surface area contributed by atoms with Crippen molar-refractivity contribution in [3.63, 3.8) is 0 Å². The van der Waals surface area contributed by atoms with Crippen molar-refractivity contribution in [2.24, 2.45) is 5.92 Å². The van der Waals surface area contributed by atoms with Crippen molar-refractivity contribution in [2.75, 3.05) is 26.2 Å². The molecule has 0 radical (unpaired) electrons. The van der Waals surface area contributed by atoms with Gasteiger partial charge in [-0.15, -0.1) is 0 Å². The van der Waals surface area contributed by atoms with Gasteiger partial charge in [-0.1, -0.05) is 13.8 Å². The monoisotopic (exact) mass is 242 g/mol. The Labute approximate surface area is 104 Å². The van der Waals surface area contributed by atoms with E-state index >= 15 is 0 Å². The number of rotatable bonds is 8. The molecule has 1 rings (SSSR count). The van der Waals surface area contributed by atoms with Crippen LogP contribution in [0.3, 0.4) is 0 Å². The molecule has 1 aliphatic heterocycles. The van der Waals surface area contributed by atoms with Crippen molar-refractivity contribution < 1.29 is 9.53 Å². The van der Waals surface area contributed by atoms with Crippen LogP contribution in [0.1, 0.15) is 39.5 Å². The summed E-state index contributed by atoms with van der Waals surface area (Å²) in [4.78, 5) is 11.4. The number of amides is 1. The van der Waals surface area contributed by atoms with Crippen LogP contribution >= 0.6 is 0 Å². The predicted molar refractivity (Wildman–Crippen MR) is 68.9 cm³/mol. The van der Waals surface area contributed by atoms with Crippen molar-refractivity contribution in [2.45, 2.75) is 45.6 Å². The van der Waals surface area contributed by atoms with E-state index in [9.17, 15) is 4.79 Å². The molecule has 17 heavy (non-hydrogen) atoms. The highest BCUT2D eigenvalue weighted by atomic mass is 16.5. The highest BCUT2D eigenvalue weighted by molar-refractivity contribution is 5.75. The van der Waals surface area contributed by atoms with E-state index in [2.05, 4.69) is 24.5 Å². The van der Waals surface area contributed by atoms with Gasteiger partial charge in [0.25, 0.3) is 0 Å². The third kappa shape index (κ3) is 7.34.